The molecule has 1 unspecified atom stereocenters. The van der Waals surface area contributed by atoms with E-state index in [4.69, 9.17) is 9.15 Å². The Balaban J connectivity index is 1.34. The Kier molecular flexibility index (Phi) is 4.95. The summed E-state index contributed by atoms with van der Waals surface area (Å²) in [6.07, 6.45) is 6.87. The van der Waals surface area contributed by atoms with Crippen LogP contribution in [0.4, 0.5) is 0 Å². The molecule has 6 nitrogen and oxygen atoms in total. The average Bonchev–Trinajstić information content (AvgIpc) is 3.87. The second kappa shape index (κ2) is 9.01. The molecule has 0 bridgehead atoms. The van der Waals surface area contributed by atoms with E-state index in [9.17, 15) is 0 Å². The number of aromatic nitrogens is 4. The lowest BCUT2D eigenvalue weighted by Crippen LogP contribution is -2.75. The maximum Gasteiger partial charge on any atom is 0.318 e. The standard InChI is InChI=1S/C46H36N4O2/c1-25-21-26(2)40(27(3)22-25)47-19-20-49-44(47)33-24-32-30-12-8-10-14-35(30)51-42(32)43-38(33)46(49)39-36(52-43)16-15-31-29-11-7-9-13-34(29)50(41(31)39)37-23-28(45(4,5)6)17-18-48(37)46/h7-24H,1-6H3/q+2. The van der Waals surface area contributed by atoms with Crippen LogP contribution in [0.2, 0.25) is 0 Å². The number of ether oxygens (including phenoxy) is 1. The van der Waals surface area contributed by atoms with Crippen molar-refractivity contribution < 1.29 is 18.3 Å². The Bertz CT molecular complexity index is 3110. The minimum Gasteiger partial charge on any atom is -0.452 e. The van der Waals surface area contributed by atoms with Crippen molar-refractivity contribution in [3.05, 3.63) is 143 Å². The largest absolute Gasteiger partial charge is 0.452 e. The van der Waals surface area contributed by atoms with Crippen LogP contribution in [-0.4, -0.2) is 9.13 Å². The molecule has 0 aliphatic carbocycles. The predicted octanol–water partition coefficient (Wildman–Crippen LogP) is 9.97. The second-order valence-corrected chi connectivity index (χ2v) is 16.1. The first-order valence-electron chi connectivity index (χ1n) is 18.2. The van der Waals surface area contributed by atoms with Crippen molar-refractivity contribution in [2.24, 2.45) is 0 Å². The van der Waals surface area contributed by atoms with E-state index in [1.54, 1.807) is 0 Å². The molecule has 9 aromatic rings. The van der Waals surface area contributed by atoms with Gasteiger partial charge in [0.15, 0.2) is 16.8 Å². The zero-order valence-electron chi connectivity index (χ0n) is 30.0. The van der Waals surface area contributed by atoms with Crippen molar-refractivity contribution in [2.45, 2.75) is 52.6 Å². The van der Waals surface area contributed by atoms with Gasteiger partial charge in [0.2, 0.25) is 0 Å². The fraction of sp³-hybridized carbons (Fsp3) is 0.174. The fourth-order valence-electron chi connectivity index (χ4n) is 10.0. The number of hydrogen-bond donors (Lipinski definition) is 0. The summed E-state index contributed by atoms with van der Waals surface area (Å²) in [6, 6.07) is 33.2. The van der Waals surface area contributed by atoms with Crippen LogP contribution < -0.4 is 13.9 Å². The maximum atomic E-state index is 7.23. The van der Waals surface area contributed by atoms with Crippen molar-refractivity contribution in [3.63, 3.8) is 0 Å². The molecule has 3 aliphatic heterocycles. The van der Waals surface area contributed by atoms with E-state index >= 15 is 0 Å². The molecule has 6 heteroatoms. The van der Waals surface area contributed by atoms with Gasteiger partial charge >= 0.3 is 5.66 Å². The maximum absolute atomic E-state index is 7.23. The summed E-state index contributed by atoms with van der Waals surface area (Å²) < 4.78 is 23.9. The first kappa shape index (κ1) is 28.5. The Morgan fingerprint density at radius 2 is 1.48 bits per heavy atom. The molecular formula is C46H36N4O2+2. The van der Waals surface area contributed by atoms with Gasteiger partial charge in [-0.3, -0.25) is 0 Å². The minimum absolute atomic E-state index is 0.0472. The highest BCUT2D eigenvalue weighted by Crippen LogP contribution is 2.59. The smallest absolute Gasteiger partial charge is 0.318 e. The lowest BCUT2D eigenvalue weighted by atomic mass is 9.82. The number of para-hydroxylation sites is 2. The second-order valence-electron chi connectivity index (χ2n) is 16.1. The summed E-state index contributed by atoms with van der Waals surface area (Å²) in [5, 5.41) is 4.59. The van der Waals surface area contributed by atoms with Gasteiger partial charge in [0.1, 0.15) is 46.1 Å². The van der Waals surface area contributed by atoms with Crippen LogP contribution in [0, 0.1) is 20.8 Å². The number of furan rings is 1. The molecule has 1 spiro atoms. The highest BCUT2D eigenvalue weighted by Gasteiger charge is 2.67. The third-order valence-corrected chi connectivity index (χ3v) is 12.0. The van der Waals surface area contributed by atoms with Crippen LogP contribution in [0.25, 0.3) is 66.6 Å². The number of benzene rings is 5. The van der Waals surface area contributed by atoms with E-state index in [2.05, 4.69) is 163 Å². The van der Waals surface area contributed by atoms with Gasteiger partial charge in [0.05, 0.1) is 11.8 Å². The molecule has 0 saturated carbocycles. The van der Waals surface area contributed by atoms with Crippen LogP contribution in [0.1, 0.15) is 54.2 Å². The van der Waals surface area contributed by atoms with Gasteiger partial charge in [-0.15, -0.1) is 0 Å². The number of rotatable bonds is 1. The highest BCUT2D eigenvalue weighted by molar-refractivity contribution is 6.13. The number of nitrogens with zero attached hydrogens (tertiary/aromatic N) is 4. The highest BCUT2D eigenvalue weighted by atomic mass is 16.5. The van der Waals surface area contributed by atoms with Crippen LogP contribution in [0.3, 0.4) is 0 Å². The monoisotopic (exact) mass is 676 g/mol. The number of pyridine rings is 1. The van der Waals surface area contributed by atoms with E-state index in [0.29, 0.717) is 0 Å². The topological polar surface area (TPSA) is 40.0 Å². The quantitative estimate of drug-likeness (QED) is 0.162. The van der Waals surface area contributed by atoms with Crippen LogP contribution in [0.15, 0.2) is 114 Å². The van der Waals surface area contributed by atoms with Crippen molar-refractivity contribution in [1.29, 1.82) is 0 Å². The number of hydrogen-bond acceptors (Lipinski definition) is 2. The molecule has 0 fully saturated rings. The van der Waals surface area contributed by atoms with Gasteiger partial charge in [-0.05, 0) is 85.3 Å². The third kappa shape index (κ3) is 3.11. The Labute approximate surface area is 300 Å². The SMILES string of the molecule is Cc1cc(C)c(-n2cc[n+]3c2-c2cc4c(oc5ccccc54)c4c2C32c3c(ccc5c6ccccc6n(c35)-c3cc(C(C)(C)C)cc[n+]32)O4)c(C)c1. The Morgan fingerprint density at radius 1 is 0.712 bits per heavy atom. The van der Waals surface area contributed by atoms with E-state index in [1.807, 2.05) is 6.07 Å². The molecule has 0 amide bonds. The Hall–Kier alpha value is -6.14. The molecule has 5 aromatic carbocycles. The van der Waals surface area contributed by atoms with Gasteiger partial charge < -0.3 is 9.15 Å². The van der Waals surface area contributed by atoms with Crippen LogP contribution in [0.5, 0.6) is 11.5 Å². The fourth-order valence-corrected chi connectivity index (χ4v) is 10.0. The minimum atomic E-state index is -0.797. The average molecular weight is 677 g/mol. The number of aryl methyl sites for hydroxylation is 3. The first-order valence-corrected chi connectivity index (χ1v) is 18.2. The van der Waals surface area contributed by atoms with Crippen molar-refractivity contribution >= 4 is 43.7 Å². The molecule has 4 aromatic heterocycles. The summed E-state index contributed by atoms with van der Waals surface area (Å²) in [7, 11) is 0. The molecule has 12 rings (SSSR count). The zero-order chi connectivity index (χ0) is 35.0. The lowest BCUT2D eigenvalue weighted by Gasteiger charge is -2.36. The molecule has 52 heavy (non-hydrogen) atoms. The molecule has 3 aliphatic rings. The molecule has 250 valence electrons. The van der Waals surface area contributed by atoms with Crippen LogP contribution in [-0.2, 0) is 11.1 Å². The molecule has 0 radical (unpaired) electrons. The van der Waals surface area contributed by atoms with E-state index in [1.165, 1.54) is 49.7 Å². The van der Waals surface area contributed by atoms with E-state index in [-0.39, 0.29) is 5.41 Å². The Morgan fingerprint density at radius 3 is 2.29 bits per heavy atom. The summed E-state index contributed by atoms with van der Waals surface area (Å²) >= 11 is 0. The zero-order valence-corrected chi connectivity index (χ0v) is 30.0. The molecule has 1 atom stereocenters. The summed E-state index contributed by atoms with van der Waals surface area (Å²) in [4.78, 5) is 0. The number of fused-ring (bicyclic) bond motifs is 11. The van der Waals surface area contributed by atoms with E-state index < -0.39 is 5.66 Å². The van der Waals surface area contributed by atoms with Crippen molar-refractivity contribution in [3.8, 4) is 34.4 Å². The van der Waals surface area contributed by atoms with Crippen molar-refractivity contribution in [2.75, 3.05) is 0 Å². The summed E-state index contributed by atoms with van der Waals surface area (Å²) in [5.41, 5.74) is 12.8. The van der Waals surface area contributed by atoms with Gasteiger partial charge in [-0.2, -0.15) is 18.3 Å². The third-order valence-electron chi connectivity index (χ3n) is 12.0. The summed E-state index contributed by atoms with van der Waals surface area (Å²) in [6.45, 7) is 13.5. The van der Waals surface area contributed by atoms with Crippen molar-refractivity contribution in [1.82, 2.24) is 9.13 Å². The summed E-state index contributed by atoms with van der Waals surface area (Å²) in [5.74, 6) is 3.88. The van der Waals surface area contributed by atoms with Crippen LogP contribution >= 0.6 is 0 Å². The molecular weight excluding hydrogens is 641 g/mol. The van der Waals surface area contributed by atoms with Gasteiger partial charge in [-0.1, -0.05) is 68.8 Å². The van der Waals surface area contributed by atoms with Gasteiger partial charge in [0.25, 0.3) is 11.6 Å². The van der Waals surface area contributed by atoms with Gasteiger partial charge in [-0.25, -0.2) is 0 Å². The number of imidazole rings is 1. The van der Waals surface area contributed by atoms with E-state index in [0.717, 1.165) is 61.8 Å². The molecule has 7 heterocycles. The first-order chi connectivity index (χ1) is 25.2. The van der Waals surface area contributed by atoms with Gasteiger partial charge in [0, 0.05) is 27.6 Å². The predicted molar refractivity (Wildman–Crippen MR) is 204 cm³/mol. The lowest BCUT2D eigenvalue weighted by molar-refractivity contribution is -0.961. The molecule has 0 N–H and O–H groups in total. The molecule has 0 saturated heterocycles. The normalized spacial score (nSPS) is 16.5.